The molecule has 1 aromatic rings. The molecular weight excluding hydrogens is 220 g/mol. The summed E-state index contributed by atoms with van der Waals surface area (Å²) < 4.78 is 11.1. The maximum Gasteiger partial charge on any atom is 0.303 e. The number of aryl methyl sites for hydroxylation is 1. The zero-order valence-electron chi connectivity index (χ0n) is 9.81. The van der Waals surface area contributed by atoms with E-state index in [1.807, 2.05) is 18.2 Å². The molecule has 0 spiro atoms. The monoisotopic (exact) mass is 236 g/mol. The van der Waals surface area contributed by atoms with Crippen LogP contribution in [0.15, 0.2) is 18.2 Å². The van der Waals surface area contributed by atoms with Crippen molar-refractivity contribution in [2.45, 2.75) is 38.9 Å². The van der Waals surface area contributed by atoms with E-state index in [-0.39, 0.29) is 6.42 Å². The van der Waals surface area contributed by atoms with Crippen molar-refractivity contribution >= 4 is 5.97 Å². The molecule has 0 aromatic heterocycles. The lowest BCUT2D eigenvalue weighted by molar-refractivity contribution is -0.138. The van der Waals surface area contributed by atoms with Gasteiger partial charge in [-0.15, -0.1) is 0 Å². The molecule has 0 radical (unpaired) electrons. The van der Waals surface area contributed by atoms with Gasteiger partial charge in [0, 0.05) is 6.42 Å². The molecule has 0 fully saturated rings. The highest BCUT2D eigenvalue weighted by atomic mass is 16.7. The number of aliphatic carboxylic acids is 1. The Labute approximate surface area is 100 Å². The molecule has 17 heavy (non-hydrogen) atoms. The molecule has 92 valence electrons. The van der Waals surface area contributed by atoms with E-state index in [2.05, 4.69) is 6.92 Å². The van der Waals surface area contributed by atoms with Crippen molar-refractivity contribution in [3.63, 3.8) is 0 Å². The van der Waals surface area contributed by atoms with Crippen LogP contribution in [-0.2, 0) is 11.2 Å². The maximum atomic E-state index is 10.5. The van der Waals surface area contributed by atoms with Gasteiger partial charge in [-0.2, -0.15) is 0 Å². The molecule has 1 aromatic carbocycles. The van der Waals surface area contributed by atoms with Gasteiger partial charge in [-0.05, 0) is 24.1 Å². The van der Waals surface area contributed by atoms with E-state index < -0.39 is 12.3 Å². The van der Waals surface area contributed by atoms with Gasteiger partial charge < -0.3 is 14.6 Å². The molecule has 0 aliphatic carbocycles. The van der Waals surface area contributed by atoms with Crippen LogP contribution in [0.25, 0.3) is 0 Å². The minimum absolute atomic E-state index is 0.0560. The molecule has 1 aliphatic rings. The van der Waals surface area contributed by atoms with Crippen molar-refractivity contribution in [2.75, 3.05) is 0 Å². The zero-order chi connectivity index (χ0) is 12.3. The van der Waals surface area contributed by atoms with Gasteiger partial charge >= 0.3 is 5.97 Å². The topological polar surface area (TPSA) is 55.8 Å². The second-order valence-corrected chi connectivity index (χ2v) is 4.13. The first-order chi connectivity index (χ1) is 8.19. The Hall–Kier alpha value is -1.71. The van der Waals surface area contributed by atoms with E-state index in [0.717, 1.165) is 18.6 Å². The lowest BCUT2D eigenvalue weighted by atomic mass is 10.1. The van der Waals surface area contributed by atoms with E-state index in [4.69, 9.17) is 14.6 Å². The summed E-state index contributed by atoms with van der Waals surface area (Å²) in [5.41, 5.74) is 1.22. The highest BCUT2D eigenvalue weighted by Crippen LogP contribution is 2.36. The zero-order valence-corrected chi connectivity index (χ0v) is 9.81. The summed E-state index contributed by atoms with van der Waals surface area (Å²) in [6.07, 6.45) is 2.06. The second-order valence-electron chi connectivity index (χ2n) is 4.13. The molecule has 0 saturated heterocycles. The molecule has 0 saturated carbocycles. The minimum atomic E-state index is -0.833. The predicted octanol–water partition coefficient (Wildman–Crippen LogP) is 2.60. The van der Waals surface area contributed by atoms with Crippen LogP contribution < -0.4 is 9.47 Å². The molecule has 4 nitrogen and oxygen atoms in total. The van der Waals surface area contributed by atoms with Gasteiger partial charge in [0.25, 0.3) is 0 Å². The summed E-state index contributed by atoms with van der Waals surface area (Å²) in [4.78, 5) is 10.5. The third-order valence-corrected chi connectivity index (χ3v) is 2.66. The Kier molecular flexibility index (Phi) is 3.52. The molecule has 1 N–H and O–H groups in total. The van der Waals surface area contributed by atoms with E-state index in [1.165, 1.54) is 5.56 Å². The van der Waals surface area contributed by atoms with Crippen LogP contribution in [0, 0.1) is 0 Å². The number of fused-ring (bicyclic) bond motifs is 1. The number of carboxylic acid groups (broad SMARTS) is 1. The molecule has 0 amide bonds. The molecule has 2 rings (SSSR count). The van der Waals surface area contributed by atoms with E-state index in [1.54, 1.807) is 0 Å². The van der Waals surface area contributed by atoms with Crippen LogP contribution >= 0.6 is 0 Å². The van der Waals surface area contributed by atoms with Gasteiger partial charge in [-0.25, -0.2) is 0 Å². The molecule has 0 bridgehead atoms. The molecule has 1 atom stereocenters. The van der Waals surface area contributed by atoms with Crippen molar-refractivity contribution in [2.24, 2.45) is 0 Å². The third-order valence-electron chi connectivity index (χ3n) is 2.66. The predicted molar refractivity (Wildman–Crippen MR) is 62.4 cm³/mol. The summed E-state index contributed by atoms with van der Waals surface area (Å²) in [5.74, 6) is 0.603. The van der Waals surface area contributed by atoms with Gasteiger partial charge in [0.05, 0.1) is 6.42 Å². The first-order valence-electron chi connectivity index (χ1n) is 5.87. The average molecular weight is 236 g/mol. The second kappa shape index (κ2) is 5.08. The third kappa shape index (κ3) is 2.90. The normalized spacial score (nSPS) is 17.1. The lowest BCUT2D eigenvalue weighted by Gasteiger charge is -2.07. The Morgan fingerprint density at radius 1 is 1.35 bits per heavy atom. The highest BCUT2D eigenvalue weighted by Gasteiger charge is 2.24. The van der Waals surface area contributed by atoms with Crippen LogP contribution in [0.3, 0.4) is 0 Å². The number of benzene rings is 1. The van der Waals surface area contributed by atoms with Crippen molar-refractivity contribution in [1.82, 2.24) is 0 Å². The van der Waals surface area contributed by atoms with E-state index >= 15 is 0 Å². The first-order valence-corrected chi connectivity index (χ1v) is 5.87. The van der Waals surface area contributed by atoms with Crippen LogP contribution in [0.2, 0.25) is 0 Å². The van der Waals surface area contributed by atoms with Gasteiger partial charge in [0.2, 0.25) is 6.29 Å². The van der Waals surface area contributed by atoms with Crippen molar-refractivity contribution in [3.8, 4) is 11.5 Å². The van der Waals surface area contributed by atoms with Crippen LogP contribution in [0.1, 0.15) is 31.7 Å². The van der Waals surface area contributed by atoms with Gasteiger partial charge in [0.1, 0.15) is 0 Å². The smallest absolute Gasteiger partial charge is 0.303 e. The maximum absolute atomic E-state index is 10.5. The number of hydrogen-bond acceptors (Lipinski definition) is 3. The number of carboxylic acids is 1. The van der Waals surface area contributed by atoms with Gasteiger partial charge in [-0.1, -0.05) is 19.4 Å². The standard InChI is InChI=1S/C13H16O4/c1-2-3-9-4-5-10-11(8-9)17-13(16-10)7-6-12(14)15/h4-5,8,13H,2-3,6-7H2,1H3,(H,14,15). The fraction of sp³-hybridized carbons (Fsp3) is 0.462. The van der Waals surface area contributed by atoms with Crippen molar-refractivity contribution in [1.29, 1.82) is 0 Å². The SMILES string of the molecule is CCCc1ccc2c(c1)OC(CCC(=O)O)O2. The van der Waals surface area contributed by atoms with Crippen LogP contribution in [0.4, 0.5) is 0 Å². The summed E-state index contributed by atoms with van der Waals surface area (Å²) in [6.45, 7) is 2.13. The summed E-state index contributed by atoms with van der Waals surface area (Å²) in [7, 11) is 0. The Morgan fingerprint density at radius 3 is 2.82 bits per heavy atom. The van der Waals surface area contributed by atoms with Gasteiger partial charge in [-0.3, -0.25) is 4.79 Å². The summed E-state index contributed by atoms with van der Waals surface area (Å²) in [6, 6.07) is 5.88. The van der Waals surface area contributed by atoms with Gasteiger partial charge in [0.15, 0.2) is 11.5 Å². The number of hydrogen-bond donors (Lipinski definition) is 1. The van der Waals surface area contributed by atoms with E-state index in [0.29, 0.717) is 12.2 Å². The molecule has 4 heteroatoms. The Balaban J connectivity index is 1.98. The number of carbonyl (C=O) groups is 1. The number of rotatable bonds is 5. The fourth-order valence-corrected chi connectivity index (χ4v) is 1.85. The highest BCUT2D eigenvalue weighted by molar-refractivity contribution is 5.66. The Bertz CT molecular complexity index is 414. The summed E-state index contributed by atoms with van der Waals surface area (Å²) in [5, 5.41) is 8.59. The first kappa shape index (κ1) is 11.8. The largest absolute Gasteiger partial charge is 0.481 e. The Morgan fingerprint density at radius 2 is 2.12 bits per heavy atom. The summed E-state index contributed by atoms with van der Waals surface area (Å²) >= 11 is 0. The van der Waals surface area contributed by atoms with E-state index in [9.17, 15) is 4.79 Å². The molecule has 1 unspecified atom stereocenters. The molecule has 1 heterocycles. The van der Waals surface area contributed by atoms with Crippen LogP contribution in [-0.4, -0.2) is 17.4 Å². The fourth-order valence-electron chi connectivity index (χ4n) is 1.85. The quantitative estimate of drug-likeness (QED) is 0.853. The van der Waals surface area contributed by atoms with Crippen molar-refractivity contribution < 1.29 is 19.4 Å². The molecule has 1 aliphatic heterocycles. The lowest BCUT2D eigenvalue weighted by Crippen LogP contribution is -2.19. The average Bonchev–Trinajstić information content (AvgIpc) is 2.69. The minimum Gasteiger partial charge on any atom is -0.481 e. The van der Waals surface area contributed by atoms with Crippen LogP contribution in [0.5, 0.6) is 11.5 Å². The number of ether oxygens (including phenoxy) is 2. The van der Waals surface area contributed by atoms with Crippen molar-refractivity contribution in [3.05, 3.63) is 23.8 Å². The molecular formula is C13H16O4.